The number of nitrogens with one attached hydrogen (secondary N) is 1. The van der Waals surface area contributed by atoms with E-state index in [0.717, 1.165) is 27.6 Å². The number of halogens is 1. The first kappa shape index (κ1) is 25.1. The summed E-state index contributed by atoms with van der Waals surface area (Å²) in [5.41, 5.74) is 5.06. The van der Waals surface area contributed by atoms with Crippen LogP contribution in [0.3, 0.4) is 0 Å². The van der Waals surface area contributed by atoms with Gasteiger partial charge in [-0.25, -0.2) is 4.79 Å². The summed E-state index contributed by atoms with van der Waals surface area (Å²) in [6.07, 6.45) is 0.549. The van der Waals surface area contributed by atoms with Crippen LogP contribution in [0.4, 0.5) is 10.5 Å². The number of benzene rings is 3. The quantitative estimate of drug-likeness (QED) is 0.229. The van der Waals surface area contributed by atoms with Crippen LogP contribution in [0.2, 0.25) is 5.02 Å². The number of hydrogen-bond acceptors (Lipinski definition) is 5. The van der Waals surface area contributed by atoms with E-state index in [1.165, 1.54) is 0 Å². The molecule has 3 aromatic carbocycles. The van der Waals surface area contributed by atoms with E-state index in [9.17, 15) is 9.59 Å². The van der Waals surface area contributed by atoms with E-state index in [-0.39, 0.29) is 6.54 Å². The van der Waals surface area contributed by atoms with E-state index in [0.29, 0.717) is 27.7 Å². The maximum atomic E-state index is 12.7. The molecule has 0 bridgehead atoms. The molecule has 38 heavy (non-hydrogen) atoms. The number of fused-ring (bicyclic) bond motifs is 1. The predicted molar refractivity (Wildman–Crippen MR) is 145 cm³/mol. The number of aliphatic carboxylic acids is 1. The Balaban J connectivity index is 1.39. The van der Waals surface area contributed by atoms with Crippen molar-refractivity contribution in [3.8, 4) is 22.5 Å². The molecule has 0 radical (unpaired) electrons. The topological polar surface area (TPSA) is 107 Å². The number of anilines is 1. The van der Waals surface area contributed by atoms with Gasteiger partial charge < -0.3 is 18.9 Å². The fourth-order valence-corrected chi connectivity index (χ4v) is 4.67. The molecule has 5 aromatic rings. The molecular weight excluding hydrogens is 506 g/mol. The second kappa shape index (κ2) is 10.4. The smallest absolute Gasteiger partial charge is 0.412 e. The SMILES string of the molecule is Cc1noc(-c2cccc(-c3ccc4c(ccn4CC(=O)O)c3)c2)c1NC(=O)OC(C)c1ccccc1Cl. The average Bonchev–Trinajstić information content (AvgIpc) is 3.46. The molecule has 0 saturated carbocycles. The van der Waals surface area contributed by atoms with Crippen molar-refractivity contribution in [3.05, 3.63) is 95.3 Å². The van der Waals surface area contributed by atoms with Crippen molar-refractivity contribution in [1.82, 2.24) is 9.72 Å². The largest absolute Gasteiger partial charge is 0.480 e. The molecule has 0 aliphatic carbocycles. The molecule has 0 fully saturated rings. The van der Waals surface area contributed by atoms with Crippen LogP contribution >= 0.6 is 11.6 Å². The van der Waals surface area contributed by atoms with E-state index >= 15 is 0 Å². The lowest BCUT2D eigenvalue weighted by atomic mass is 10.0. The summed E-state index contributed by atoms with van der Waals surface area (Å²) in [7, 11) is 0. The summed E-state index contributed by atoms with van der Waals surface area (Å²) in [6.45, 7) is 3.39. The Bertz CT molecular complexity index is 1660. The average molecular weight is 530 g/mol. The van der Waals surface area contributed by atoms with Crippen molar-refractivity contribution in [3.63, 3.8) is 0 Å². The Morgan fingerprint density at radius 1 is 1.05 bits per heavy atom. The highest BCUT2D eigenvalue weighted by atomic mass is 35.5. The van der Waals surface area contributed by atoms with E-state index in [2.05, 4.69) is 10.5 Å². The minimum Gasteiger partial charge on any atom is -0.480 e. The minimum absolute atomic E-state index is 0.0987. The molecule has 2 heterocycles. The second-order valence-electron chi connectivity index (χ2n) is 8.86. The third kappa shape index (κ3) is 5.12. The van der Waals surface area contributed by atoms with Gasteiger partial charge in [0, 0.05) is 33.2 Å². The van der Waals surface area contributed by atoms with E-state index < -0.39 is 18.2 Å². The highest BCUT2D eigenvalue weighted by Gasteiger charge is 2.21. The summed E-state index contributed by atoms with van der Waals surface area (Å²) >= 11 is 6.23. The second-order valence-corrected chi connectivity index (χ2v) is 9.27. The first-order chi connectivity index (χ1) is 18.3. The van der Waals surface area contributed by atoms with Crippen LogP contribution in [0.5, 0.6) is 0 Å². The third-order valence-corrected chi connectivity index (χ3v) is 6.60. The number of carbonyl (C=O) groups excluding carboxylic acids is 1. The lowest BCUT2D eigenvalue weighted by Gasteiger charge is -2.15. The Morgan fingerprint density at radius 3 is 2.61 bits per heavy atom. The Labute approximate surface area is 223 Å². The summed E-state index contributed by atoms with van der Waals surface area (Å²) in [5.74, 6) is -0.492. The summed E-state index contributed by atoms with van der Waals surface area (Å²) in [4.78, 5) is 23.9. The zero-order valence-corrected chi connectivity index (χ0v) is 21.4. The molecule has 9 heteroatoms. The lowest BCUT2D eigenvalue weighted by molar-refractivity contribution is -0.137. The van der Waals surface area contributed by atoms with Gasteiger partial charge in [-0.15, -0.1) is 0 Å². The first-order valence-corrected chi connectivity index (χ1v) is 12.3. The fourth-order valence-electron chi connectivity index (χ4n) is 4.38. The molecule has 5 rings (SSSR count). The molecule has 8 nitrogen and oxygen atoms in total. The normalized spacial score (nSPS) is 11.9. The van der Waals surface area contributed by atoms with Gasteiger partial charge in [0.05, 0.1) is 0 Å². The maximum absolute atomic E-state index is 12.7. The lowest BCUT2D eigenvalue weighted by Crippen LogP contribution is -2.17. The number of nitrogens with zero attached hydrogens (tertiary/aromatic N) is 2. The van der Waals surface area contributed by atoms with Crippen LogP contribution < -0.4 is 5.32 Å². The van der Waals surface area contributed by atoms with Gasteiger partial charge in [-0.1, -0.05) is 59.2 Å². The number of carboxylic acids is 1. The van der Waals surface area contributed by atoms with Gasteiger partial charge >= 0.3 is 12.1 Å². The molecular formula is C29H24ClN3O5. The fraction of sp³-hybridized carbons (Fsp3) is 0.138. The van der Waals surface area contributed by atoms with Gasteiger partial charge in [-0.05, 0) is 55.3 Å². The van der Waals surface area contributed by atoms with Gasteiger partial charge in [-0.3, -0.25) is 10.1 Å². The molecule has 0 aliphatic rings. The van der Waals surface area contributed by atoms with E-state index in [1.807, 2.05) is 60.7 Å². The van der Waals surface area contributed by atoms with Crippen LogP contribution in [0, 0.1) is 6.92 Å². The molecule has 1 atom stereocenters. The van der Waals surface area contributed by atoms with Crippen LogP contribution in [0.1, 0.15) is 24.3 Å². The molecule has 1 amide bonds. The van der Waals surface area contributed by atoms with Gasteiger partial charge in [0.25, 0.3) is 0 Å². The number of aryl methyl sites for hydroxylation is 1. The van der Waals surface area contributed by atoms with Crippen LogP contribution in [-0.4, -0.2) is 26.9 Å². The Kier molecular flexibility index (Phi) is 6.89. The van der Waals surface area contributed by atoms with Crippen molar-refractivity contribution in [2.24, 2.45) is 0 Å². The minimum atomic E-state index is -0.895. The van der Waals surface area contributed by atoms with Crippen molar-refractivity contribution in [2.75, 3.05) is 5.32 Å². The number of amides is 1. The molecule has 0 spiro atoms. The van der Waals surface area contributed by atoms with Crippen molar-refractivity contribution in [2.45, 2.75) is 26.5 Å². The number of carbonyl (C=O) groups is 2. The zero-order chi connectivity index (χ0) is 26.8. The van der Waals surface area contributed by atoms with Gasteiger partial charge in [0.1, 0.15) is 24.0 Å². The molecule has 2 N–H and O–H groups in total. The molecule has 2 aromatic heterocycles. The third-order valence-electron chi connectivity index (χ3n) is 6.25. The number of rotatable bonds is 7. The summed E-state index contributed by atoms with van der Waals surface area (Å²) < 4.78 is 12.8. The monoisotopic (exact) mass is 529 g/mol. The number of hydrogen-bond donors (Lipinski definition) is 2. The van der Waals surface area contributed by atoms with Crippen molar-refractivity contribution < 1.29 is 24.0 Å². The summed E-state index contributed by atoms with van der Waals surface area (Å²) in [6, 6.07) is 22.6. The highest BCUT2D eigenvalue weighted by molar-refractivity contribution is 6.31. The van der Waals surface area contributed by atoms with Crippen LogP contribution in [-0.2, 0) is 16.1 Å². The summed E-state index contributed by atoms with van der Waals surface area (Å²) in [5, 5.41) is 17.4. The van der Waals surface area contributed by atoms with Crippen LogP contribution in [0.15, 0.2) is 83.5 Å². The Morgan fingerprint density at radius 2 is 1.82 bits per heavy atom. The van der Waals surface area contributed by atoms with Gasteiger partial charge in [0.15, 0.2) is 5.76 Å². The van der Waals surface area contributed by atoms with Crippen LogP contribution in [0.25, 0.3) is 33.4 Å². The Hall–Kier alpha value is -4.56. The highest BCUT2D eigenvalue weighted by Crippen LogP contribution is 2.35. The van der Waals surface area contributed by atoms with Crippen molar-refractivity contribution in [1.29, 1.82) is 0 Å². The molecule has 0 saturated heterocycles. The number of aromatic nitrogens is 2. The van der Waals surface area contributed by atoms with E-state index in [1.54, 1.807) is 36.7 Å². The number of carboxylic acid groups (broad SMARTS) is 1. The van der Waals surface area contributed by atoms with E-state index in [4.69, 9.17) is 26.0 Å². The first-order valence-electron chi connectivity index (χ1n) is 11.9. The maximum Gasteiger partial charge on any atom is 0.412 e. The number of ether oxygens (including phenoxy) is 1. The van der Waals surface area contributed by atoms with Gasteiger partial charge in [-0.2, -0.15) is 0 Å². The zero-order valence-electron chi connectivity index (χ0n) is 20.6. The standard InChI is InChI=1S/C29H24ClN3O5/c1-17-27(31-29(36)37-18(2)23-8-3-4-9-24(23)30)28(38-32-17)22-7-5-6-19(15-22)20-10-11-25-21(14-20)12-13-33(25)16-26(34)35/h3-15,18H,16H2,1-2H3,(H,31,36)(H,34,35). The van der Waals surface area contributed by atoms with Crippen molar-refractivity contribution >= 4 is 40.3 Å². The molecule has 192 valence electrons. The predicted octanol–water partition coefficient (Wildman–Crippen LogP) is 7.32. The molecule has 1 unspecified atom stereocenters. The van der Waals surface area contributed by atoms with Gasteiger partial charge in [0.2, 0.25) is 0 Å². The molecule has 0 aliphatic heterocycles.